The second kappa shape index (κ2) is 9.87. The quantitative estimate of drug-likeness (QED) is 0.531. The van der Waals surface area contributed by atoms with E-state index in [2.05, 4.69) is 10.2 Å². The van der Waals surface area contributed by atoms with Crippen LogP contribution >= 0.6 is 0 Å². The van der Waals surface area contributed by atoms with Crippen molar-refractivity contribution >= 4 is 5.91 Å². The van der Waals surface area contributed by atoms with Gasteiger partial charge in [0.1, 0.15) is 11.6 Å². The number of aliphatic hydroxyl groups is 1. The Bertz CT molecular complexity index is 1320. The molecule has 8 heteroatoms. The van der Waals surface area contributed by atoms with Crippen LogP contribution in [0.3, 0.4) is 0 Å². The lowest BCUT2D eigenvalue weighted by molar-refractivity contribution is -0.127. The van der Waals surface area contributed by atoms with Gasteiger partial charge >= 0.3 is 0 Å². The largest absolute Gasteiger partial charge is 0.496 e. The van der Waals surface area contributed by atoms with Crippen molar-refractivity contribution in [3.05, 3.63) is 88.1 Å². The molecule has 2 aliphatic heterocycles. The summed E-state index contributed by atoms with van der Waals surface area (Å²) < 4.78 is 20.5. The number of methoxy groups -OCH3 is 1. The Morgan fingerprint density at radius 3 is 2.56 bits per heavy atom. The van der Waals surface area contributed by atoms with Crippen molar-refractivity contribution in [1.29, 1.82) is 0 Å². The summed E-state index contributed by atoms with van der Waals surface area (Å²) in [5.41, 5.74) is 2.86. The topological polar surface area (TPSA) is 83.8 Å². The van der Waals surface area contributed by atoms with Crippen LogP contribution in [0.5, 0.6) is 5.75 Å². The summed E-state index contributed by atoms with van der Waals surface area (Å²) in [7, 11) is 1.58. The number of nitrogens with one attached hydrogen (secondary N) is 1. The van der Waals surface area contributed by atoms with Gasteiger partial charge in [-0.1, -0.05) is 37.3 Å². The number of ether oxygens (including phenoxy) is 1. The molecular formula is C28H30FN3O4. The summed E-state index contributed by atoms with van der Waals surface area (Å²) in [6.45, 7) is 3.13. The number of carbonyl (C=O) groups is 1. The molecule has 4 atom stereocenters. The molecule has 2 aromatic carbocycles. The monoisotopic (exact) mass is 491 g/mol. The van der Waals surface area contributed by atoms with E-state index in [1.807, 2.05) is 43.3 Å². The lowest BCUT2D eigenvalue weighted by atomic mass is 9.88. The maximum absolute atomic E-state index is 13.6. The standard InChI is InChI=1S/C28H30FN3O4/c1-3-31-25-21(22(16-33)26(31)27(34)30-14-17-8-10-18(29)11-9-17)15-32-23(25)13-12-20(28(32)35)19-6-4-5-7-24(19)36-2/h4-13,21-22,25-26,33H,3,14-16H2,1-2H3,(H,30,34)/t21-,22-,25+,26-/m0/s1. The number of hydrogen-bond donors (Lipinski definition) is 2. The van der Waals surface area contributed by atoms with Gasteiger partial charge in [0.25, 0.3) is 5.56 Å². The number of benzene rings is 2. The Morgan fingerprint density at radius 1 is 1.11 bits per heavy atom. The van der Waals surface area contributed by atoms with E-state index in [1.54, 1.807) is 23.8 Å². The van der Waals surface area contributed by atoms with Crippen molar-refractivity contribution in [1.82, 2.24) is 14.8 Å². The van der Waals surface area contributed by atoms with Crippen LogP contribution < -0.4 is 15.6 Å². The highest BCUT2D eigenvalue weighted by atomic mass is 19.1. The fourth-order valence-corrected chi connectivity index (χ4v) is 5.95. The molecule has 36 heavy (non-hydrogen) atoms. The average molecular weight is 492 g/mol. The first-order valence-corrected chi connectivity index (χ1v) is 12.2. The third-order valence-corrected chi connectivity index (χ3v) is 7.60. The van der Waals surface area contributed by atoms with Gasteiger partial charge in [-0.3, -0.25) is 14.5 Å². The summed E-state index contributed by atoms with van der Waals surface area (Å²) in [6.07, 6.45) is 0. The second-order valence-corrected chi connectivity index (χ2v) is 9.36. The number of likely N-dealkylation sites (tertiary alicyclic amines) is 1. The Balaban J connectivity index is 1.44. The zero-order chi connectivity index (χ0) is 25.4. The minimum atomic E-state index is -0.520. The van der Waals surface area contributed by atoms with Crippen LogP contribution in [0.25, 0.3) is 11.1 Å². The Labute approximate surface area is 209 Å². The predicted octanol–water partition coefficient (Wildman–Crippen LogP) is 2.96. The van der Waals surface area contributed by atoms with Crippen LogP contribution in [0.15, 0.2) is 65.5 Å². The molecule has 0 aliphatic carbocycles. The van der Waals surface area contributed by atoms with Gasteiger partial charge in [-0.25, -0.2) is 4.39 Å². The van der Waals surface area contributed by atoms with Gasteiger partial charge in [0, 0.05) is 42.8 Å². The number of aliphatic hydroxyl groups excluding tert-OH is 1. The number of aromatic nitrogens is 1. The normalized spacial score (nSPS) is 22.8. The molecule has 188 valence electrons. The van der Waals surface area contributed by atoms with Gasteiger partial charge in [0.15, 0.2) is 0 Å². The van der Waals surface area contributed by atoms with Gasteiger partial charge in [0.2, 0.25) is 5.91 Å². The third-order valence-electron chi connectivity index (χ3n) is 7.60. The molecule has 2 N–H and O–H groups in total. The van der Waals surface area contributed by atoms with E-state index < -0.39 is 6.04 Å². The molecule has 3 heterocycles. The molecule has 2 aliphatic rings. The minimum Gasteiger partial charge on any atom is -0.496 e. The van der Waals surface area contributed by atoms with Crippen LogP contribution in [0.2, 0.25) is 0 Å². The number of halogens is 1. The van der Waals surface area contributed by atoms with E-state index in [0.717, 1.165) is 16.8 Å². The van der Waals surface area contributed by atoms with Crippen molar-refractivity contribution in [2.24, 2.45) is 11.8 Å². The Hall–Kier alpha value is -3.49. The third kappa shape index (κ3) is 4.00. The summed E-state index contributed by atoms with van der Waals surface area (Å²) in [5.74, 6) is -0.257. The maximum atomic E-state index is 13.6. The highest BCUT2D eigenvalue weighted by Gasteiger charge is 2.55. The van der Waals surface area contributed by atoms with Gasteiger partial charge in [-0.15, -0.1) is 0 Å². The molecule has 0 bridgehead atoms. The van der Waals surface area contributed by atoms with E-state index in [4.69, 9.17) is 4.74 Å². The highest BCUT2D eigenvalue weighted by Crippen LogP contribution is 2.49. The van der Waals surface area contributed by atoms with Gasteiger partial charge in [-0.05, 0) is 42.4 Å². The van der Waals surface area contributed by atoms with Crippen molar-refractivity contribution in [3.63, 3.8) is 0 Å². The Morgan fingerprint density at radius 2 is 1.86 bits per heavy atom. The van der Waals surface area contributed by atoms with Crippen LogP contribution in [0.4, 0.5) is 4.39 Å². The van der Waals surface area contributed by atoms with Crippen LogP contribution in [-0.4, -0.2) is 46.8 Å². The van der Waals surface area contributed by atoms with Crippen molar-refractivity contribution < 1.29 is 19.0 Å². The Kier molecular flexibility index (Phi) is 6.64. The zero-order valence-electron chi connectivity index (χ0n) is 20.4. The van der Waals surface area contributed by atoms with Crippen LogP contribution in [-0.2, 0) is 17.9 Å². The van der Waals surface area contributed by atoms with E-state index in [0.29, 0.717) is 24.4 Å². The first-order valence-electron chi connectivity index (χ1n) is 12.2. The van der Waals surface area contributed by atoms with E-state index >= 15 is 0 Å². The number of nitrogens with zero attached hydrogens (tertiary/aromatic N) is 2. The average Bonchev–Trinajstić information content (AvgIpc) is 3.43. The number of likely N-dealkylation sites (N-methyl/N-ethyl adjacent to an activating group) is 1. The van der Waals surface area contributed by atoms with Crippen LogP contribution in [0, 0.1) is 17.7 Å². The molecule has 7 nitrogen and oxygen atoms in total. The highest BCUT2D eigenvalue weighted by molar-refractivity contribution is 5.83. The van der Waals surface area contributed by atoms with E-state index in [-0.39, 0.29) is 48.3 Å². The number of rotatable bonds is 7. The number of amides is 1. The molecule has 1 fully saturated rings. The lowest BCUT2D eigenvalue weighted by Gasteiger charge is -2.29. The van der Waals surface area contributed by atoms with Crippen molar-refractivity contribution in [3.8, 4) is 16.9 Å². The van der Waals surface area contributed by atoms with Crippen LogP contribution in [0.1, 0.15) is 24.2 Å². The number of carbonyl (C=O) groups excluding carboxylic acids is 1. The first kappa shape index (κ1) is 24.2. The van der Waals surface area contributed by atoms with Crippen molar-refractivity contribution in [2.75, 3.05) is 20.3 Å². The van der Waals surface area contributed by atoms with E-state index in [9.17, 15) is 19.1 Å². The smallest absolute Gasteiger partial charge is 0.258 e. The summed E-state index contributed by atoms with van der Waals surface area (Å²) >= 11 is 0. The molecule has 1 amide bonds. The second-order valence-electron chi connectivity index (χ2n) is 9.36. The molecular weight excluding hydrogens is 461 g/mol. The first-order chi connectivity index (χ1) is 17.5. The minimum absolute atomic E-state index is 0.0721. The van der Waals surface area contributed by atoms with Gasteiger partial charge in [-0.2, -0.15) is 0 Å². The fourth-order valence-electron chi connectivity index (χ4n) is 5.95. The summed E-state index contributed by atoms with van der Waals surface area (Å²) in [6, 6.07) is 16.6. The van der Waals surface area contributed by atoms with Crippen molar-refractivity contribution in [2.45, 2.75) is 32.1 Å². The zero-order valence-corrected chi connectivity index (χ0v) is 20.4. The summed E-state index contributed by atoms with van der Waals surface area (Å²) in [4.78, 5) is 29.0. The maximum Gasteiger partial charge on any atom is 0.258 e. The number of hydrogen-bond acceptors (Lipinski definition) is 5. The van der Waals surface area contributed by atoms with Gasteiger partial charge < -0.3 is 19.7 Å². The molecule has 3 aromatic rings. The van der Waals surface area contributed by atoms with E-state index in [1.165, 1.54) is 12.1 Å². The molecule has 0 radical (unpaired) electrons. The number of pyridine rings is 1. The molecule has 0 spiro atoms. The summed E-state index contributed by atoms with van der Waals surface area (Å²) in [5, 5.41) is 13.3. The molecule has 0 saturated carbocycles. The SMILES string of the molecule is CCN1[C@H](C(=O)NCc2ccc(F)cc2)[C@@H](CO)[C@@H]2Cn3c(ccc(-c4ccccc4OC)c3=O)[C@@H]21. The molecule has 1 saturated heterocycles. The fraction of sp³-hybridized carbons (Fsp3) is 0.357. The molecule has 5 rings (SSSR count). The number of fused-ring (bicyclic) bond motifs is 3. The molecule has 1 aromatic heterocycles. The lowest BCUT2D eigenvalue weighted by Crippen LogP contribution is -2.48. The number of para-hydroxylation sites is 1. The van der Waals surface area contributed by atoms with Gasteiger partial charge in [0.05, 0.1) is 24.8 Å². The molecule has 0 unspecified atom stereocenters. The predicted molar refractivity (Wildman–Crippen MR) is 134 cm³/mol.